The predicted molar refractivity (Wildman–Crippen MR) is 192 cm³/mol. The number of imide groups is 2. The summed E-state index contributed by atoms with van der Waals surface area (Å²) in [4.78, 5) is 71.6. The molecule has 0 bridgehead atoms. The molecule has 2 saturated heterocycles. The summed E-state index contributed by atoms with van der Waals surface area (Å²) in [5.74, 6) is -6.58. The van der Waals surface area contributed by atoms with Crippen molar-refractivity contribution in [1.82, 2.24) is 5.01 Å². The molecule has 0 radical (unpaired) electrons. The predicted octanol–water partition coefficient (Wildman–Crippen LogP) is 6.21. The van der Waals surface area contributed by atoms with Crippen molar-refractivity contribution < 1.29 is 34.2 Å². The van der Waals surface area contributed by atoms with Crippen molar-refractivity contribution in [3.05, 3.63) is 136 Å². The summed E-state index contributed by atoms with van der Waals surface area (Å²) in [6, 6.07) is 26.2. The number of hydrogen-bond donors (Lipinski definition) is 3. The van der Waals surface area contributed by atoms with E-state index in [1.165, 1.54) is 18.2 Å². The zero-order valence-electron chi connectivity index (χ0n) is 28.9. The second-order valence-corrected chi connectivity index (χ2v) is 14.5. The number of carboxylic acid groups (broad SMARTS) is 1. The molecule has 52 heavy (non-hydrogen) atoms. The van der Waals surface area contributed by atoms with Crippen LogP contribution in [0.3, 0.4) is 0 Å². The lowest BCUT2D eigenvalue weighted by molar-refractivity contribution is -0.138. The highest BCUT2D eigenvalue weighted by molar-refractivity contribution is 6.23. The highest BCUT2D eigenvalue weighted by Crippen LogP contribution is 2.64. The smallest absolute Gasteiger partial charge is 0.335 e. The molecule has 2 heterocycles. The van der Waals surface area contributed by atoms with Crippen molar-refractivity contribution in [2.45, 2.75) is 44.9 Å². The molecule has 8 rings (SSSR count). The molecule has 10 nitrogen and oxygen atoms in total. The van der Waals surface area contributed by atoms with E-state index in [9.17, 15) is 29.4 Å². The Hall–Kier alpha value is -6.03. The molecule has 262 valence electrons. The molecule has 4 aromatic carbocycles. The normalized spacial score (nSPS) is 26.5. The van der Waals surface area contributed by atoms with E-state index in [1.807, 2.05) is 67.6 Å². The molecule has 0 aromatic heterocycles. The Balaban J connectivity index is 1.32. The van der Waals surface area contributed by atoms with E-state index in [0.717, 1.165) is 26.6 Å². The number of hydrogen-bond acceptors (Lipinski definition) is 7. The van der Waals surface area contributed by atoms with Gasteiger partial charge in [0.25, 0.3) is 11.8 Å². The van der Waals surface area contributed by atoms with Gasteiger partial charge in [0, 0.05) is 5.92 Å². The van der Waals surface area contributed by atoms with E-state index in [1.54, 1.807) is 32.0 Å². The average molecular weight is 696 g/mol. The van der Waals surface area contributed by atoms with Crippen LogP contribution in [0.15, 0.2) is 103 Å². The summed E-state index contributed by atoms with van der Waals surface area (Å²) in [6.45, 7) is 5.53. The zero-order valence-corrected chi connectivity index (χ0v) is 28.9. The Morgan fingerprint density at radius 2 is 1.50 bits per heavy atom. The number of aromatic carboxylic acids is 1. The van der Waals surface area contributed by atoms with Crippen LogP contribution < -0.4 is 10.3 Å². The van der Waals surface area contributed by atoms with Crippen LogP contribution in [0.25, 0.3) is 0 Å². The first-order valence-electron chi connectivity index (χ1n) is 17.4. The van der Waals surface area contributed by atoms with E-state index in [0.29, 0.717) is 22.4 Å². The Morgan fingerprint density at radius 1 is 0.808 bits per heavy atom. The molecule has 3 N–H and O–H groups in total. The summed E-state index contributed by atoms with van der Waals surface area (Å²) in [5, 5.41) is 21.6. The minimum absolute atomic E-state index is 0.0496. The third-order valence-electron chi connectivity index (χ3n) is 11.6. The van der Waals surface area contributed by atoms with Crippen molar-refractivity contribution in [2.24, 2.45) is 23.7 Å². The number of carboxylic acids is 1. The number of carbonyl (C=O) groups excluding carboxylic acids is 4. The number of aryl methyl sites for hydroxylation is 3. The first-order valence-corrected chi connectivity index (χ1v) is 17.4. The van der Waals surface area contributed by atoms with E-state index in [2.05, 4.69) is 5.43 Å². The Morgan fingerprint density at radius 3 is 2.17 bits per heavy atom. The van der Waals surface area contributed by atoms with E-state index < -0.39 is 64.6 Å². The largest absolute Gasteiger partial charge is 0.507 e. The van der Waals surface area contributed by atoms with Gasteiger partial charge in [0.05, 0.1) is 40.1 Å². The Labute approximate surface area is 300 Å². The van der Waals surface area contributed by atoms with Gasteiger partial charge in [-0.1, -0.05) is 77.9 Å². The molecular weight excluding hydrogens is 658 g/mol. The number of amides is 4. The first-order chi connectivity index (χ1) is 24.9. The fraction of sp³-hybridized carbons (Fsp3) is 0.262. The highest BCUT2D eigenvalue weighted by Gasteiger charge is 2.70. The van der Waals surface area contributed by atoms with Gasteiger partial charge in [-0.05, 0) is 92.1 Å². The molecule has 6 atom stereocenters. The van der Waals surface area contributed by atoms with Crippen LogP contribution in [0.1, 0.15) is 56.9 Å². The summed E-state index contributed by atoms with van der Waals surface area (Å²) < 4.78 is 0. The molecule has 0 unspecified atom stereocenters. The van der Waals surface area contributed by atoms with Crippen LogP contribution in [0.4, 0.5) is 11.4 Å². The van der Waals surface area contributed by atoms with Gasteiger partial charge in [-0.3, -0.25) is 29.5 Å². The van der Waals surface area contributed by atoms with Crippen LogP contribution in [0, 0.1) is 44.4 Å². The number of phenolic OH excluding ortho intramolecular Hbond substituents is 1. The number of carbonyl (C=O) groups is 5. The summed E-state index contributed by atoms with van der Waals surface area (Å²) in [7, 11) is 0. The van der Waals surface area contributed by atoms with Gasteiger partial charge < -0.3 is 10.2 Å². The minimum Gasteiger partial charge on any atom is -0.507 e. The van der Waals surface area contributed by atoms with Crippen LogP contribution >= 0.6 is 0 Å². The van der Waals surface area contributed by atoms with Gasteiger partial charge in [-0.15, -0.1) is 0 Å². The van der Waals surface area contributed by atoms with E-state index >= 15 is 4.79 Å². The quantitative estimate of drug-likeness (QED) is 0.160. The number of nitrogens with zero attached hydrogens (tertiary/aromatic N) is 2. The molecule has 2 aliphatic carbocycles. The topological polar surface area (TPSA) is 144 Å². The lowest BCUT2D eigenvalue weighted by atomic mass is 9.49. The standard InChI is InChI=1S/C42H37N3O7/c1-22-12-14-28(15-13-22)43-45-38(48)33-21-32-30(16-17-31-34(32)39(49)44(37(31)47)29-11-7-8-25(20-29)40(50)51)35(26-18-23(2)36(46)24(3)19-26)42(33,41(45)52)27-9-5-4-6-10-27/h4-16,18-20,31-35,43,46H,17,21H2,1-3H3,(H,50,51)/t31-,32+,33-,34-,35-,42+/m0/s1. The van der Waals surface area contributed by atoms with Crippen LogP contribution in [0.2, 0.25) is 0 Å². The van der Waals surface area contributed by atoms with Gasteiger partial charge in [0.2, 0.25) is 11.8 Å². The zero-order chi connectivity index (χ0) is 36.6. The van der Waals surface area contributed by atoms with Crippen LogP contribution in [-0.4, -0.2) is 44.8 Å². The fourth-order valence-electron chi connectivity index (χ4n) is 9.31. The second kappa shape index (κ2) is 12.0. The van der Waals surface area contributed by atoms with Crippen molar-refractivity contribution in [1.29, 1.82) is 0 Å². The van der Waals surface area contributed by atoms with Gasteiger partial charge in [0.1, 0.15) is 5.75 Å². The number of rotatable bonds is 6. The van der Waals surface area contributed by atoms with Crippen molar-refractivity contribution in [3.63, 3.8) is 0 Å². The number of aromatic hydroxyl groups is 1. The average Bonchev–Trinajstić information content (AvgIpc) is 3.52. The number of nitrogens with one attached hydrogen (secondary N) is 1. The molecule has 10 heteroatoms. The maximum atomic E-state index is 15.3. The molecule has 4 aromatic rings. The summed E-state index contributed by atoms with van der Waals surface area (Å²) in [5.41, 5.74) is 6.78. The van der Waals surface area contributed by atoms with Gasteiger partial charge >= 0.3 is 5.97 Å². The second-order valence-electron chi connectivity index (χ2n) is 14.5. The Kier molecular flexibility index (Phi) is 7.67. The molecule has 0 spiro atoms. The number of hydrazine groups is 1. The van der Waals surface area contributed by atoms with Gasteiger partial charge in [-0.25, -0.2) is 4.79 Å². The van der Waals surface area contributed by atoms with Crippen LogP contribution in [-0.2, 0) is 24.6 Å². The number of benzene rings is 4. The monoisotopic (exact) mass is 695 g/mol. The molecule has 2 aliphatic heterocycles. The SMILES string of the molecule is Cc1ccc(NN2C(=O)[C@@H]3C[C@@H]4C(=CC[C@@H]5C(=O)N(c6cccc(C(=O)O)c6)C(=O)[C@@H]54)[C@H](c4cc(C)c(O)c(C)c4)[C@]3(c3ccccc3)C2=O)cc1. The lowest BCUT2D eigenvalue weighted by Gasteiger charge is -2.50. The molecular formula is C42H37N3O7. The third kappa shape index (κ3) is 4.73. The molecule has 1 saturated carbocycles. The lowest BCUT2D eigenvalue weighted by Crippen LogP contribution is -2.53. The first kappa shape index (κ1) is 33.1. The van der Waals surface area contributed by atoms with Crippen molar-refractivity contribution in [3.8, 4) is 5.75 Å². The number of fused-ring (bicyclic) bond motifs is 4. The summed E-state index contributed by atoms with van der Waals surface area (Å²) >= 11 is 0. The third-order valence-corrected chi connectivity index (χ3v) is 11.6. The van der Waals surface area contributed by atoms with Crippen LogP contribution in [0.5, 0.6) is 5.75 Å². The van der Waals surface area contributed by atoms with Gasteiger partial charge in [0.15, 0.2) is 0 Å². The molecule has 4 amide bonds. The summed E-state index contributed by atoms with van der Waals surface area (Å²) in [6.07, 6.45) is 2.34. The number of anilines is 2. The van der Waals surface area contributed by atoms with E-state index in [-0.39, 0.29) is 29.8 Å². The fourth-order valence-corrected chi connectivity index (χ4v) is 9.31. The van der Waals surface area contributed by atoms with Gasteiger partial charge in [-0.2, -0.15) is 5.01 Å². The number of phenols is 1. The minimum atomic E-state index is -1.43. The van der Waals surface area contributed by atoms with Crippen molar-refractivity contribution in [2.75, 3.05) is 10.3 Å². The van der Waals surface area contributed by atoms with E-state index in [4.69, 9.17) is 0 Å². The number of allylic oxidation sites excluding steroid dienone is 2. The maximum Gasteiger partial charge on any atom is 0.335 e. The molecule has 3 fully saturated rings. The Bertz CT molecular complexity index is 2210. The molecule has 4 aliphatic rings. The van der Waals surface area contributed by atoms with Crippen molar-refractivity contribution >= 4 is 41.0 Å². The highest BCUT2D eigenvalue weighted by atomic mass is 16.4. The maximum absolute atomic E-state index is 15.3.